The summed E-state index contributed by atoms with van der Waals surface area (Å²) in [5.41, 5.74) is 1.88. The molecule has 1 N–H and O–H groups in total. The Morgan fingerprint density at radius 1 is 1.32 bits per heavy atom. The highest BCUT2D eigenvalue weighted by Crippen LogP contribution is 2.35. The Balaban J connectivity index is 1.78. The van der Waals surface area contributed by atoms with Crippen LogP contribution in [-0.2, 0) is 7.05 Å². The van der Waals surface area contributed by atoms with Gasteiger partial charge in [0.05, 0.1) is 29.3 Å². The molecule has 0 aromatic carbocycles. The second kappa shape index (κ2) is 8.10. The van der Waals surface area contributed by atoms with Crippen LogP contribution in [-0.4, -0.2) is 68.5 Å². The van der Waals surface area contributed by atoms with E-state index in [1.165, 1.54) is 12.1 Å². The van der Waals surface area contributed by atoms with Crippen LogP contribution in [0.2, 0.25) is 0 Å². The number of hydrogen-bond acceptors (Lipinski definition) is 5. The number of amides is 1. The second-order valence-electron chi connectivity index (χ2n) is 7.58. The van der Waals surface area contributed by atoms with Gasteiger partial charge in [-0.15, -0.1) is 0 Å². The zero-order valence-electron chi connectivity index (χ0n) is 16.8. The van der Waals surface area contributed by atoms with Crippen LogP contribution < -0.4 is 0 Å². The largest absolute Gasteiger partial charge is 0.478 e. The fourth-order valence-electron chi connectivity index (χ4n) is 4.11. The Morgan fingerprint density at radius 2 is 2.07 bits per heavy atom. The summed E-state index contributed by atoms with van der Waals surface area (Å²) in [6.07, 6.45) is 5.82. The summed E-state index contributed by atoms with van der Waals surface area (Å²) in [4.78, 5) is 36.5. The van der Waals surface area contributed by atoms with Crippen LogP contribution in [0.1, 0.15) is 51.1 Å². The number of carbonyl (C=O) groups excluding carboxylic acids is 1. The van der Waals surface area contributed by atoms with Crippen LogP contribution in [0.3, 0.4) is 0 Å². The Morgan fingerprint density at radius 3 is 2.68 bits per heavy atom. The first-order valence-electron chi connectivity index (χ1n) is 9.42. The van der Waals surface area contributed by atoms with Crippen LogP contribution in [0.4, 0.5) is 0 Å². The second-order valence-corrected chi connectivity index (χ2v) is 7.58. The predicted octanol–water partition coefficient (Wildman–Crippen LogP) is 1.98. The molecule has 2 aromatic heterocycles. The van der Waals surface area contributed by atoms with Gasteiger partial charge < -0.3 is 14.6 Å². The van der Waals surface area contributed by atoms with Gasteiger partial charge >= 0.3 is 5.97 Å². The van der Waals surface area contributed by atoms with Crippen LogP contribution in [0, 0.1) is 12.8 Å². The summed E-state index contributed by atoms with van der Waals surface area (Å²) in [5.74, 6) is -0.957. The van der Waals surface area contributed by atoms with E-state index in [1.807, 2.05) is 17.8 Å². The molecule has 28 heavy (non-hydrogen) atoms. The lowest BCUT2D eigenvalue weighted by atomic mass is 9.87. The average molecular weight is 385 g/mol. The van der Waals surface area contributed by atoms with E-state index in [0.29, 0.717) is 12.2 Å². The summed E-state index contributed by atoms with van der Waals surface area (Å²) in [6.45, 7) is 3.22. The number of nitrogens with zero attached hydrogens (tertiary/aromatic N) is 5. The van der Waals surface area contributed by atoms with Crippen LogP contribution >= 0.6 is 0 Å². The quantitative estimate of drug-likeness (QED) is 0.846. The first kappa shape index (κ1) is 20.0. The zero-order chi connectivity index (χ0) is 20.4. The predicted molar refractivity (Wildman–Crippen MR) is 104 cm³/mol. The van der Waals surface area contributed by atoms with Crippen molar-refractivity contribution in [2.45, 2.75) is 25.8 Å². The van der Waals surface area contributed by atoms with Crippen molar-refractivity contribution in [1.29, 1.82) is 0 Å². The average Bonchev–Trinajstić information content (AvgIpc) is 3.06. The number of aryl methyl sites for hydroxylation is 2. The summed E-state index contributed by atoms with van der Waals surface area (Å²) < 4.78 is 2.04. The molecule has 3 rings (SSSR count). The Bertz CT molecular complexity index is 878. The molecule has 0 radical (unpaired) electrons. The van der Waals surface area contributed by atoms with Crippen LogP contribution in [0.5, 0.6) is 0 Å². The zero-order valence-corrected chi connectivity index (χ0v) is 16.8. The maximum absolute atomic E-state index is 12.9. The molecule has 150 valence electrons. The molecular weight excluding hydrogens is 358 g/mol. The number of carboxylic acids is 1. The van der Waals surface area contributed by atoms with Gasteiger partial charge in [-0.05, 0) is 51.4 Å². The van der Waals surface area contributed by atoms with E-state index in [9.17, 15) is 9.59 Å². The van der Waals surface area contributed by atoms with E-state index >= 15 is 0 Å². The number of aromatic nitrogens is 3. The molecule has 2 atom stereocenters. The highest BCUT2D eigenvalue weighted by atomic mass is 16.4. The fourth-order valence-corrected chi connectivity index (χ4v) is 4.11. The van der Waals surface area contributed by atoms with E-state index in [4.69, 9.17) is 5.11 Å². The third-order valence-electron chi connectivity index (χ3n) is 5.55. The van der Waals surface area contributed by atoms with Crippen molar-refractivity contribution in [3.05, 3.63) is 47.3 Å². The Labute approximate surface area is 164 Å². The number of aromatic carboxylic acids is 1. The van der Waals surface area contributed by atoms with Crippen molar-refractivity contribution in [3.8, 4) is 0 Å². The maximum Gasteiger partial charge on any atom is 0.337 e. The molecule has 0 aliphatic carbocycles. The molecule has 1 aliphatic heterocycles. The molecule has 0 spiro atoms. The van der Waals surface area contributed by atoms with E-state index in [1.54, 1.807) is 25.2 Å². The number of carbonyl (C=O) groups is 2. The molecule has 3 heterocycles. The molecule has 0 saturated carbocycles. The maximum atomic E-state index is 12.9. The van der Waals surface area contributed by atoms with Gasteiger partial charge in [0.1, 0.15) is 5.69 Å². The molecule has 8 nitrogen and oxygen atoms in total. The molecule has 1 saturated heterocycles. The number of carboxylic acid groups (broad SMARTS) is 1. The fraction of sp³-hybridized carbons (Fsp3) is 0.500. The third kappa shape index (κ3) is 3.91. The van der Waals surface area contributed by atoms with Crippen LogP contribution in [0.15, 0.2) is 24.7 Å². The highest BCUT2D eigenvalue weighted by Gasteiger charge is 2.34. The highest BCUT2D eigenvalue weighted by molar-refractivity contribution is 5.94. The van der Waals surface area contributed by atoms with Gasteiger partial charge in [0.25, 0.3) is 5.91 Å². The van der Waals surface area contributed by atoms with Gasteiger partial charge in [0.2, 0.25) is 0 Å². The van der Waals surface area contributed by atoms with Crippen molar-refractivity contribution in [3.63, 3.8) is 0 Å². The van der Waals surface area contributed by atoms with Gasteiger partial charge in [-0.1, -0.05) is 0 Å². The van der Waals surface area contributed by atoms with E-state index in [2.05, 4.69) is 21.9 Å². The number of likely N-dealkylation sites (tertiary alicyclic amines) is 1. The smallest absolute Gasteiger partial charge is 0.337 e. The number of piperidine rings is 1. The summed E-state index contributed by atoms with van der Waals surface area (Å²) in [7, 11) is 5.88. The van der Waals surface area contributed by atoms with Crippen molar-refractivity contribution in [1.82, 2.24) is 24.3 Å². The van der Waals surface area contributed by atoms with Gasteiger partial charge in [-0.2, -0.15) is 0 Å². The minimum absolute atomic E-state index is 0.115. The first-order valence-corrected chi connectivity index (χ1v) is 9.42. The number of rotatable bonds is 5. The minimum Gasteiger partial charge on any atom is -0.478 e. The Hall–Kier alpha value is -2.74. The molecule has 0 bridgehead atoms. The van der Waals surface area contributed by atoms with Gasteiger partial charge in [0.15, 0.2) is 0 Å². The summed E-state index contributed by atoms with van der Waals surface area (Å²) in [5, 5.41) is 9.14. The van der Waals surface area contributed by atoms with Gasteiger partial charge in [-0.3, -0.25) is 9.69 Å². The molecule has 0 unspecified atom stereocenters. The van der Waals surface area contributed by atoms with Gasteiger partial charge in [-0.25, -0.2) is 14.8 Å². The lowest BCUT2D eigenvalue weighted by molar-refractivity contribution is 0.0625. The molecule has 1 aliphatic rings. The number of imidazole rings is 1. The standard InChI is InChI=1S/C20H27N5O3/c1-13-15(20(27)28)7-8-16(22-13)19(26)24(3)11-14-6-5-9-23(2)18(14)17-10-21-12-25(17)4/h7-8,10,12,14,18H,5-6,9,11H2,1-4H3,(H,27,28)/t14-,18+/m0/s1. The SMILES string of the molecule is Cc1nc(C(=O)N(C)C[C@@H]2CCCN(C)[C@H]2c2cncn2C)ccc1C(=O)O. The van der Waals surface area contributed by atoms with E-state index in [-0.39, 0.29) is 29.1 Å². The van der Waals surface area contributed by atoms with E-state index in [0.717, 1.165) is 25.1 Å². The summed E-state index contributed by atoms with van der Waals surface area (Å²) in [6, 6.07) is 3.12. The minimum atomic E-state index is -1.04. The number of pyridine rings is 1. The lowest BCUT2D eigenvalue weighted by Gasteiger charge is -2.40. The number of hydrogen-bond donors (Lipinski definition) is 1. The normalized spacial score (nSPS) is 20.1. The van der Waals surface area contributed by atoms with Crippen molar-refractivity contribution in [2.24, 2.45) is 13.0 Å². The molecule has 1 amide bonds. The molecule has 2 aromatic rings. The monoisotopic (exact) mass is 385 g/mol. The van der Waals surface area contributed by atoms with Crippen molar-refractivity contribution < 1.29 is 14.7 Å². The van der Waals surface area contributed by atoms with Crippen molar-refractivity contribution in [2.75, 3.05) is 27.2 Å². The Kier molecular flexibility index (Phi) is 5.79. The van der Waals surface area contributed by atoms with E-state index < -0.39 is 5.97 Å². The summed E-state index contributed by atoms with van der Waals surface area (Å²) >= 11 is 0. The van der Waals surface area contributed by atoms with Crippen molar-refractivity contribution >= 4 is 11.9 Å². The first-order chi connectivity index (χ1) is 13.3. The van der Waals surface area contributed by atoms with Crippen LogP contribution in [0.25, 0.3) is 0 Å². The molecule has 1 fully saturated rings. The molecular formula is C20H27N5O3. The third-order valence-corrected chi connectivity index (χ3v) is 5.55. The topological polar surface area (TPSA) is 91.6 Å². The van der Waals surface area contributed by atoms with Gasteiger partial charge in [0, 0.05) is 26.8 Å². The molecule has 8 heteroatoms. The lowest BCUT2D eigenvalue weighted by Crippen LogP contribution is -2.43.